The highest BCUT2D eigenvalue weighted by Gasteiger charge is 2.39. The summed E-state index contributed by atoms with van der Waals surface area (Å²) in [5, 5.41) is 0. The molecule has 0 fully saturated rings. The van der Waals surface area contributed by atoms with Crippen LogP contribution in [0, 0.1) is 0 Å². The molecule has 88 valence electrons. The van der Waals surface area contributed by atoms with Crippen LogP contribution in [-0.2, 0) is 6.42 Å². The van der Waals surface area contributed by atoms with E-state index in [-0.39, 0.29) is 11.4 Å². The van der Waals surface area contributed by atoms with E-state index in [0.29, 0.717) is 12.0 Å². The van der Waals surface area contributed by atoms with Crippen molar-refractivity contribution in [2.75, 3.05) is 11.5 Å². The van der Waals surface area contributed by atoms with Gasteiger partial charge in [0, 0.05) is 16.9 Å². The van der Waals surface area contributed by atoms with Gasteiger partial charge in [0.25, 0.3) is 5.78 Å². The Hall–Kier alpha value is -1.72. The van der Waals surface area contributed by atoms with Gasteiger partial charge >= 0.3 is 6.18 Å². The summed E-state index contributed by atoms with van der Waals surface area (Å²) in [6.07, 6.45) is -4.41. The van der Waals surface area contributed by atoms with Crippen LogP contribution in [0.25, 0.3) is 0 Å². The number of Topliss-reactive ketones (excluding diaryl/α,β-unsaturated/α-hetero) is 1. The van der Waals surface area contributed by atoms with Crippen LogP contribution in [0.5, 0.6) is 0 Å². The molecule has 0 spiro atoms. The minimum atomic E-state index is -4.91. The largest absolute Gasteiger partial charge is 0.454 e. The predicted molar refractivity (Wildman–Crippen MR) is 55.0 cm³/mol. The van der Waals surface area contributed by atoms with Crippen molar-refractivity contribution in [3.05, 3.63) is 23.3 Å². The Morgan fingerprint density at radius 2 is 1.69 bits per heavy atom. The molecule has 4 N–H and O–H groups in total. The van der Waals surface area contributed by atoms with Crippen LogP contribution in [0.3, 0.4) is 0 Å². The molecular formula is C10H11F3N2O. The maximum Gasteiger partial charge on any atom is 0.454 e. The van der Waals surface area contributed by atoms with Gasteiger partial charge in [0.15, 0.2) is 0 Å². The molecule has 0 bridgehead atoms. The van der Waals surface area contributed by atoms with Gasteiger partial charge in [-0.25, -0.2) is 0 Å². The number of halogens is 3. The molecule has 3 nitrogen and oxygen atoms in total. The first-order valence-electron chi connectivity index (χ1n) is 4.56. The highest BCUT2D eigenvalue weighted by atomic mass is 19.4. The number of ketones is 1. The van der Waals surface area contributed by atoms with Crippen LogP contribution < -0.4 is 11.5 Å². The Morgan fingerprint density at radius 3 is 2.00 bits per heavy atom. The van der Waals surface area contributed by atoms with Gasteiger partial charge in [-0.3, -0.25) is 4.79 Å². The third-order valence-corrected chi connectivity index (χ3v) is 2.19. The lowest BCUT2D eigenvalue weighted by molar-refractivity contribution is -0.0885. The minimum Gasteiger partial charge on any atom is -0.398 e. The SMILES string of the molecule is CCc1c(N)cc(C(=O)C(F)(F)F)cc1N. The molecule has 0 atom stereocenters. The highest BCUT2D eigenvalue weighted by molar-refractivity contribution is 6.02. The van der Waals surface area contributed by atoms with E-state index in [1.807, 2.05) is 0 Å². The van der Waals surface area contributed by atoms with Gasteiger partial charge in [-0.2, -0.15) is 13.2 Å². The molecule has 0 unspecified atom stereocenters. The van der Waals surface area contributed by atoms with Crippen molar-refractivity contribution in [3.8, 4) is 0 Å². The first-order valence-corrected chi connectivity index (χ1v) is 4.56. The van der Waals surface area contributed by atoms with Crippen molar-refractivity contribution in [3.63, 3.8) is 0 Å². The van der Waals surface area contributed by atoms with Crippen molar-refractivity contribution < 1.29 is 18.0 Å². The number of benzene rings is 1. The average molecular weight is 232 g/mol. The smallest absolute Gasteiger partial charge is 0.398 e. The number of hydrogen-bond acceptors (Lipinski definition) is 3. The average Bonchev–Trinajstić information content (AvgIpc) is 2.14. The van der Waals surface area contributed by atoms with Gasteiger partial charge in [0.05, 0.1) is 0 Å². The number of nitrogen functional groups attached to an aromatic ring is 2. The zero-order valence-corrected chi connectivity index (χ0v) is 8.56. The molecule has 0 radical (unpaired) electrons. The minimum absolute atomic E-state index is 0.107. The van der Waals surface area contributed by atoms with E-state index in [0.717, 1.165) is 12.1 Å². The van der Waals surface area contributed by atoms with Crippen LogP contribution in [0.15, 0.2) is 12.1 Å². The van der Waals surface area contributed by atoms with Crippen molar-refractivity contribution in [1.82, 2.24) is 0 Å². The van der Waals surface area contributed by atoms with Crippen molar-refractivity contribution >= 4 is 17.2 Å². The van der Waals surface area contributed by atoms with Crippen LogP contribution in [0.1, 0.15) is 22.8 Å². The fraction of sp³-hybridized carbons (Fsp3) is 0.300. The zero-order chi connectivity index (χ0) is 12.5. The van der Waals surface area contributed by atoms with Crippen LogP contribution in [-0.4, -0.2) is 12.0 Å². The lowest BCUT2D eigenvalue weighted by Gasteiger charge is -2.11. The van der Waals surface area contributed by atoms with E-state index >= 15 is 0 Å². The summed E-state index contributed by atoms with van der Waals surface area (Å²) in [6.45, 7) is 1.77. The molecule has 0 amide bonds. The van der Waals surface area contributed by atoms with Crippen molar-refractivity contribution in [2.45, 2.75) is 19.5 Å². The first kappa shape index (κ1) is 12.4. The second-order valence-corrected chi connectivity index (χ2v) is 3.31. The highest BCUT2D eigenvalue weighted by Crippen LogP contribution is 2.27. The van der Waals surface area contributed by atoms with E-state index in [2.05, 4.69) is 0 Å². The summed E-state index contributed by atoms with van der Waals surface area (Å²) in [7, 11) is 0. The number of nitrogens with two attached hydrogens (primary N) is 2. The second kappa shape index (κ2) is 4.03. The van der Waals surface area contributed by atoms with Crippen LogP contribution in [0.4, 0.5) is 24.5 Å². The first-order chi connectivity index (χ1) is 7.27. The third-order valence-electron chi connectivity index (χ3n) is 2.19. The lowest BCUT2D eigenvalue weighted by Crippen LogP contribution is -2.23. The van der Waals surface area contributed by atoms with E-state index in [1.165, 1.54) is 0 Å². The Bertz CT molecular complexity index is 404. The van der Waals surface area contributed by atoms with E-state index in [1.54, 1.807) is 6.92 Å². The van der Waals surface area contributed by atoms with E-state index in [9.17, 15) is 18.0 Å². The Labute approximate surface area is 90.2 Å². The quantitative estimate of drug-likeness (QED) is 0.606. The van der Waals surface area contributed by atoms with Gasteiger partial charge in [-0.05, 0) is 24.1 Å². The van der Waals surface area contributed by atoms with E-state index in [4.69, 9.17) is 11.5 Å². The predicted octanol–water partition coefficient (Wildman–Crippen LogP) is 2.16. The molecular weight excluding hydrogens is 221 g/mol. The molecule has 1 aromatic rings. The second-order valence-electron chi connectivity index (χ2n) is 3.31. The molecule has 0 aliphatic heterocycles. The Balaban J connectivity index is 3.24. The van der Waals surface area contributed by atoms with Gasteiger partial charge < -0.3 is 11.5 Å². The lowest BCUT2D eigenvalue weighted by atomic mass is 10.0. The van der Waals surface area contributed by atoms with Gasteiger partial charge in [0.1, 0.15) is 0 Å². The maximum atomic E-state index is 12.1. The van der Waals surface area contributed by atoms with Crippen LogP contribution in [0.2, 0.25) is 0 Å². The van der Waals surface area contributed by atoms with Gasteiger partial charge in [-0.1, -0.05) is 6.92 Å². The molecule has 0 saturated carbocycles. The molecule has 0 aromatic heterocycles. The summed E-state index contributed by atoms with van der Waals surface area (Å²) in [4.78, 5) is 10.9. The van der Waals surface area contributed by atoms with Crippen LogP contribution >= 0.6 is 0 Å². The summed E-state index contributed by atoms with van der Waals surface area (Å²) in [5.74, 6) is -1.94. The summed E-state index contributed by atoms with van der Waals surface area (Å²) < 4.78 is 36.4. The number of anilines is 2. The number of carbonyl (C=O) groups is 1. The van der Waals surface area contributed by atoms with E-state index < -0.39 is 17.5 Å². The molecule has 0 saturated heterocycles. The molecule has 1 rings (SSSR count). The topological polar surface area (TPSA) is 69.1 Å². The number of carbonyl (C=O) groups excluding carboxylic acids is 1. The monoisotopic (exact) mass is 232 g/mol. The molecule has 0 aliphatic rings. The fourth-order valence-corrected chi connectivity index (χ4v) is 1.42. The van der Waals surface area contributed by atoms with Crippen molar-refractivity contribution in [2.24, 2.45) is 0 Å². The third kappa shape index (κ3) is 2.26. The number of alkyl halides is 3. The Kier molecular flexibility index (Phi) is 3.11. The summed E-state index contributed by atoms with van der Waals surface area (Å²) in [6, 6.07) is 2.01. The summed E-state index contributed by atoms with van der Waals surface area (Å²) in [5.41, 5.74) is 11.3. The van der Waals surface area contributed by atoms with Crippen molar-refractivity contribution in [1.29, 1.82) is 0 Å². The number of rotatable bonds is 2. The maximum absolute atomic E-state index is 12.1. The molecule has 6 heteroatoms. The molecule has 1 aromatic carbocycles. The van der Waals surface area contributed by atoms with Gasteiger partial charge in [0.2, 0.25) is 0 Å². The standard InChI is InChI=1S/C10H11F3N2O/c1-2-6-7(14)3-5(4-8(6)15)9(16)10(11,12)13/h3-4H,2,14-15H2,1H3. The van der Waals surface area contributed by atoms with Gasteiger partial charge in [-0.15, -0.1) is 0 Å². The Morgan fingerprint density at radius 1 is 1.25 bits per heavy atom. The number of hydrogen-bond donors (Lipinski definition) is 2. The zero-order valence-electron chi connectivity index (χ0n) is 8.56. The fourth-order valence-electron chi connectivity index (χ4n) is 1.42. The molecule has 0 heterocycles. The normalized spacial score (nSPS) is 11.5. The molecule has 0 aliphatic carbocycles. The molecule has 16 heavy (non-hydrogen) atoms. The summed E-state index contributed by atoms with van der Waals surface area (Å²) >= 11 is 0.